The molecule has 1 amide bonds. The molecule has 3 nitrogen and oxygen atoms in total. The van der Waals surface area contributed by atoms with Gasteiger partial charge in [0.2, 0.25) is 5.91 Å². The lowest BCUT2D eigenvalue weighted by Crippen LogP contribution is -2.14. The van der Waals surface area contributed by atoms with Crippen molar-refractivity contribution in [3.8, 4) is 0 Å². The molecule has 112 valence electrons. The highest BCUT2D eigenvalue weighted by atomic mass is 16.3. The number of amides is 1. The molecule has 3 rings (SSSR count). The van der Waals surface area contributed by atoms with Gasteiger partial charge >= 0.3 is 0 Å². The molecular formula is C19H19NO2. The Kier molecular flexibility index (Phi) is 3.72. The fourth-order valence-corrected chi connectivity index (χ4v) is 2.75. The number of hydrogen-bond donors (Lipinski definition) is 1. The third kappa shape index (κ3) is 3.03. The van der Waals surface area contributed by atoms with Crippen molar-refractivity contribution in [3.63, 3.8) is 0 Å². The van der Waals surface area contributed by atoms with Crippen LogP contribution < -0.4 is 5.32 Å². The Morgan fingerprint density at radius 2 is 1.73 bits per heavy atom. The van der Waals surface area contributed by atoms with Gasteiger partial charge in [0.05, 0.1) is 12.7 Å². The molecule has 0 bridgehead atoms. The molecule has 0 aliphatic rings. The van der Waals surface area contributed by atoms with E-state index in [2.05, 4.69) is 11.4 Å². The van der Waals surface area contributed by atoms with Crippen LogP contribution in [0.4, 0.5) is 5.69 Å². The van der Waals surface area contributed by atoms with Gasteiger partial charge in [0, 0.05) is 16.6 Å². The largest absolute Gasteiger partial charge is 0.464 e. The molecule has 0 aliphatic carbocycles. The van der Waals surface area contributed by atoms with Gasteiger partial charge in [-0.25, -0.2) is 0 Å². The molecule has 3 aromatic rings. The Morgan fingerprint density at radius 1 is 1.00 bits per heavy atom. The predicted molar refractivity (Wildman–Crippen MR) is 89.2 cm³/mol. The Bertz CT molecular complexity index is 826. The third-order valence-electron chi connectivity index (χ3n) is 3.67. The minimum absolute atomic E-state index is 0.0340. The Balaban J connectivity index is 1.78. The maximum atomic E-state index is 12.3. The second kappa shape index (κ2) is 5.68. The van der Waals surface area contributed by atoms with E-state index in [9.17, 15) is 4.79 Å². The highest BCUT2D eigenvalue weighted by Gasteiger charge is 2.11. The van der Waals surface area contributed by atoms with E-state index >= 15 is 0 Å². The van der Waals surface area contributed by atoms with Crippen molar-refractivity contribution in [1.29, 1.82) is 0 Å². The van der Waals surface area contributed by atoms with Gasteiger partial charge in [0.1, 0.15) is 5.58 Å². The number of carbonyl (C=O) groups excluding carboxylic acids is 1. The summed E-state index contributed by atoms with van der Waals surface area (Å²) in [5.41, 5.74) is 6.00. The van der Waals surface area contributed by atoms with Crippen molar-refractivity contribution in [2.45, 2.75) is 27.2 Å². The summed E-state index contributed by atoms with van der Waals surface area (Å²) in [5, 5.41) is 3.96. The van der Waals surface area contributed by atoms with Crippen molar-refractivity contribution in [1.82, 2.24) is 0 Å². The summed E-state index contributed by atoms with van der Waals surface area (Å²) >= 11 is 0. The zero-order valence-corrected chi connectivity index (χ0v) is 13.1. The first kappa shape index (κ1) is 14.4. The standard InChI is InChI=1S/C19H19NO2/c1-12-4-5-17-15(11-22-18(17)9-12)10-19(21)20-16-7-13(2)6-14(3)8-16/h4-9,11H,10H2,1-3H3,(H,20,21). The van der Waals surface area contributed by atoms with Crippen LogP contribution in [0.1, 0.15) is 22.3 Å². The number of furan rings is 1. The molecule has 0 aliphatic heterocycles. The first-order chi connectivity index (χ1) is 10.5. The number of aryl methyl sites for hydroxylation is 3. The number of hydrogen-bond acceptors (Lipinski definition) is 2. The Morgan fingerprint density at radius 3 is 2.45 bits per heavy atom. The minimum Gasteiger partial charge on any atom is -0.464 e. The third-order valence-corrected chi connectivity index (χ3v) is 3.67. The van der Waals surface area contributed by atoms with Gasteiger partial charge < -0.3 is 9.73 Å². The number of nitrogens with one attached hydrogen (secondary N) is 1. The minimum atomic E-state index is -0.0340. The molecule has 3 heteroatoms. The van der Waals surface area contributed by atoms with E-state index in [1.165, 1.54) is 0 Å². The van der Waals surface area contributed by atoms with E-state index in [4.69, 9.17) is 4.42 Å². The molecule has 0 saturated heterocycles. The summed E-state index contributed by atoms with van der Waals surface area (Å²) in [7, 11) is 0. The van der Waals surface area contributed by atoms with E-state index in [1.54, 1.807) is 6.26 Å². The zero-order valence-electron chi connectivity index (χ0n) is 13.1. The number of fused-ring (bicyclic) bond motifs is 1. The summed E-state index contributed by atoms with van der Waals surface area (Å²) in [5.74, 6) is -0.0340. The average Bonchev–Trinajstić information content (AvgIpc) is 2.79. The van der Waals surface area contributed by atoms with Gasteiger partial charge in [-0.15, -0.1) is 0 Å². The molecule has 2 aromatic carbocycles. The lowest BCUT2D eigenvalue weighted by atomic mass is 10.1. The van der Waals surface area contributed by atoms with E-state index in [1.807, 2.05) is 51.1 Å². The normalized spacial score (nSPS) is 10.9. The summed E-state index contributed by atoms with van der Waals surface area (Å²) in [6, 6.07) is 12.1. The van der Waals surface area contributed by atoms with Crippen molar-refractivity contribution in [2.75, 3.05) is 5.32 Å². The lowest BCUT2D eigenvalue weighted by molar-refractivity contribution is -0.115. The van der Waals surface area contributed by atoms with Crippen molar-refractivity contribution < 1.29 is 9.21 Å². The number of benzene rings is 2. The number of carbonyl (C=O) groups is 1. The summed E-state index contributed by atoms with van der Waals surface area (Å²) in [6.07, 6.45) is 1.98. The van der Waals surface area contributed by atoms with Crippen molar-refractivity contribution in [2.24, 2.45) is 0 Å². The molecule has 1 aromatic heterocycles. The fraction of sp³-hybridized carbons (Fsp3) is 0.211. The first-order valence-corrected chi connectivity index (χ1v) is 7.36. The predicted octanol–water partition coefficient (Wildman–Crippen LogP) is 4.54. The van der Waals surface area contributed by atoms with Gasteiger partial charge in [-0.1, -0.05) is 18.2 Å². The molecule has 0 spiro atoms. The maximum absolute atomic E-state index is 12.3. The quantitative estimate of drug-likeness (QED) is 0.770. The first-order valence-electron chi connectivity index (χ1n) is 7.36. The highest BCUT2D eigenvalue weighted by molar-refractivity contribution is 5.95. The van der Waals surface area contributed by atoms with E-state index in [0.717, 1.165) is 38.9 Å². The second-order valence-corrected chi connectivity index (χ2v) is 5.86. The van der Waals surface area contributed by atoms with Crippen LogP contribution in [0.15, 0.2) is 47.1 Å². The molecule has 0 atom stereocenters. The van der Waals surface area contributed by atoms with Crippen LogP contribution in [0.25, 0.3) is 11.0 Å². The van der Waals surface area contributed by atoms with Crippen LogP contribution in [0, 0.1) is 20.8 Å². The molecule has 1 N–H and O–H groups in total. The van der Waals surface area contributed by atoms with Crippen molar-refractivity contribution in [3.05, 3.63) is 64.9 Å². The molecular weight excluding hydrogens is 274 g/mol. The van der Waals surface area contributed by atoms with Gasteiger partial charge in [0.15, 0.2) is 0 Å². The monoisotopic (exact) mass is 293 g/mol. The van der Waals surface area contributed by atoms with Gasteiger partial charge in [0.25, 0.3) is 0 Å². The van der Waals surface area contributed by atoms with E-state index in [-0.39, 0.29) is 5.91 Å². The van der Waals surface area contributed by atoms with Crippen molar-refractivity contribution >= 4 is 22.6 Å². The summed E-state index contributed by atoms with van der Waals surface area (Å²) in [4.78, 5) is 12.3. The number of anilines is 1. The molecule has 0 unspecified atom stereocenters. The summed E-state index contributed by atoms with van der Waals surface area (Å²) in [6.45, 7) is 6.07. The van der Waals surface area contributed by atoms with Crippen LogP contribution >= 0.6 is 0 Å². The van der Waals surface area contributed by atoms with Crippen LogP contribution in [0.2, 0.25) is 0 Å². The van der Waals surface area contributed by atoms with E-state index < -0.39 is 0 Å². The Labute approximate surface area is 130 Å². The molecule has 0 saturated carbocycles. The Hall–Kier alpha value is -2.55. The van der Waals surface area contributed by atoms with Gasteiger partial charge in [-0.05, 0) is 55.7 Å². The topological polar surface area (TPSA) is 42.2 Å². The molecule has 1 heterocycles. The SMILES string of the molecule is Cc1cc(C)cc(NC(=O)Cc2coc3cc(C)ccc23)c1. The van der Waals surface area contributed by atoms with Gasteiger partial charge in [-0.2, -0.15) is 0 Å². The maximum Gasteiger partial charge on any atom is 0.228 e. The molecule has 0 radical (unpaired) electrons. The molecule has 0 fully saturated rings. The van der Waals surface area contributed by atoms with Crippen LogP contribution in [0.5, 0.6) is 0 Å². The van der Waals surface area contributed by atoms with E-state index in [0.29, 0.717) is 6.42 Å². The highest BCUT2D eigenvalue weighted by Crippen LogP contribution is 2.23. The van der Waals surface area contributed by atoms with Crippen LogP contribution in [-0.4, -0.2) is 5.91 Å². The number of rotatable bonds is 3. The second-order valence-electron chi connectivity index (χ2n) is 5.86. The zero-order chi connectivity index (χ0) is 15.7. The van der Waals surface area contributed by atoms with Gasteiger partial charge in [-0.3, -0.25) is 4.79 Å². The summed E-state index contributed by atoms with van der Waals surface area (Å²) < 4.78 is 5.54. The lowest BCUT2D eigenvalue weighted by Gasteiger charge is -2.07. The molecule has 22 heavy (non-hydrogen) atoms. The smallest absolute Gasteiger partial charge is 0.228 e. The van der Waals surface area contributed by atoms with Crippen LogP contribution in [-0.2, 0) is 11.2 Å². The van der Waals surface area contributed by atoms with Crippen LogP contribution in [0.3, 0.4) is 0 Å². The average molecular weight is 293 g/mol. The fourth-order valence-electron chi connectivity index (χ4n) is 2.75.